The minimum atomic E-state index is -5.10. The smallest absolute Gasteiger partial charge is 0.354 e. The maximum Gasteiger partial charge on any atom is 0.416 e. The molecule has 0 fully saturated rings. The number of rotatable bonds is 8. The van der Waals surface area contributed by atoms with Gasteiger partial charge in [-0.25, -0.2) is 0 Å². The average Bonchev–Trinajstić information content (AvgIpc) is 2.73. The number of hydrogen-bond donors (Lipinski definition) is 2. The van der Waals surface area contributed by atoms with Gasteiger partial charge in [-0.2, -0.15) is 26.3 Å². The van der Waals surface area contributed by atoms with E-state index in [2.05, 4.69) is 10.6 Å². The van der Waals surface area contributed by atoms with Crippen LogP contribution in [0.3, 0.4) is 0 Å². The second-order valence-corrected chi connectivity index (χ2v) is 8.23. The van der Waals surface area contributed by atoms with Crippen molar-refractivity contribution in [2.24, 2.45) is 0 Å². The van der Waals surface area contributed by atoms with Crippen LogP contribution in [0.5, 0.6) is 0 Å². The molecule has 2 amide bonds. The monoisotopic (exact) mass is 528 g/mol. The molecule has 0 saturated heterocycles. The fourth-order valence-corrected chi connectivity index (χ4v) is 3.56. The summed E-state index contributed by atoms with van der Waals surface area (Å²) in [5.74, 6) is -1.87. The predicted octanol–water partition coefficient (Wildman–Crippen LogP) is 6.29. The van der Waals surface area contributed by atoms with Crippen molar-refractivity contribution in [2.45, 2.75) is 44.6 Å². The highest BCUT2D eigenvalue weighted by molar-refractivity contribution is 6.35. The summed E-state index contributed by atoms with van der Waals surface area (Å²) in [6, 6.07) is 4.21. The van der Waals surface area contributed by atoms with Crippen molar-refractivity contribution in [1.29, 1.82) is 0 Å². The third-order valence-corrected chi connectivity index (χ3v) is 5.34. The normalized spacial score (nSPS) is 12.9. The van der Waals surface area contributed by atoms with Gasteiger partial charge in [0.25, 0.3) is 5.91 Å². The Labute approximate surface area is 201 Å². The van der Waals surface area contributed by atoms with Gasteiger partial charge in [-0.05, 0) is 48.7 Å². The van der Waals surface area contributed by atoms with E-state index in [1.807, 2.05) is 0 Å². The van der Waals surface area contributed by atoms with Crippen molar-refractivity contribution in [2.75, 3.05) is 6.54 Å². The van der Waals surface area contributed by atoms with Gasteiger partial charge in [-0.1, -0.05) is 42.6 Å². The SMILES string of the molecule is CCCC(NC(=O)c1cc(C(F)(F)F)cc(C(F)(F)F)c1)C(=O)NCCc1ccc(Cl)cc1Cl. The molecule has 186 valence electrons. The minimum absolute atomic E-state index is 0.0745. The molecule has 0 bridgehead atoms. The molecule has 1 unspecified atom stereocenters. The van der Waals surface area contributed by atoms with E-state index in [4.69, 9.17) is 23.2 Å². The van der Waals surface area contributed by atoms with E-state index in [1.54, 1.807) is 19.1 Å². The summed E-state index contributed by atoms with van der Waals surface area (Å²) in [6.07, 6.45) is -9.34. The molecule has 0 aliphatic carbocycles. The largest absolute Gasteiger partial charge is 0.416 e. The zero-order chi connectivity index (χ0) is 25.7. The van der Waals surface area contributed by atoms with Gasteiger partial charge in [0, 0.05) is 22.2 Å². The van der Waals surface area contributed by atoms with Crippen molar-refractivity contribution < 1.29 is 35.9 Å². The Morgan fingerprint density at radius 1 is 0.941 bits per heavy atom. The molecule has 2 rings (SSSR count). The van der Waals surface area contributed by atoms with E-state index < -0.39 is 46.9 Å². The molecule has 0 spiro atoms. The van der Waals surface area contributed by atoms with Crippen LogP contribution in [0.4, 0.5) is 26.3 Å². The fraction of sp³-hybridized carbons (Fsp3) is 0.364. The maximum absolute atomic E-state index is 13.1. The molecule has 0 aromatic heterocycles. The molecular formula is C22H20Cl2F6N2O2. The molecule has 2 aromatic carbocycles. The van der Waals surface area contributed by atoms with Crippen LogP contribution in [0, 0.1) is 0 Å². The summed E-state index contributed by atoms with van der Waals surface area (Å²) in [5, 5.41) is 5.64. The second-order valence-electron chi connectivity index (χ2n) is 7.39. The highest BCUT2D eigenvalue weighted by Crippen LogP contribution is 2.36. The van der Waals surface area contributed by atoms with Gasteiger partial charge in [0.1, 0.15) is 6.04 Å². The van der Waals surface area contributed by atoms with Gasteiger partial charge >= 0.3 is 12.4 Å². The molecule has 2 aromatic rings. The van der Waals surface area contributed by atoms with Gasteiger partial charge in [0.2, 0.25) is 5.91 Å². The molecule has 0 radical (unpaired) electrons. The van der Waals surface area contributed by atoms with E-state index in [0.29, 0.717) is 40.6 Å². The number of carbonyl (C=O) groups excluding carboxylic acids is 2. The lowest BCUT2D eigenvalue weighted by atomic mass is 10.0. The third-order valence-electron chi connectivity index (χ3n) is 4.76. The molecule has 0 saturated carbocycles. The lowest BCUT2D eigenvalue weighted by Crippen LogP contribution is -2.47. The number of halogens is 8. The number of nitrogens with one attached hydrogen (secondary N) is 2. The van der Waals surface area contributed by atoms with Crippen LogP contribution in [0.1, 0.15) is 46.8 Å². The highest BCUT2D eigenvalue weighted by atomic mass is 35.5. The number of amides is 2. The van der Waals surface area contributed by atoms with E-state index in [1.165, 1.54) is 6.07 Å². The van der Waals surface area contributed by atoms with Crippen LogP contribution in [-0.4, -0.2) is 24.4 Å². The van der Waals surface area contributed by atoms with Crippen LogP contribution in [-0.2, 0) is 23.6 Å². The Morgan fingerprint density at radius 3 is 2.03 bits per heavy atom. The second kappa shape index (κ2) is 11.3. The standard InChI is InChI=1S/C22H20Cl2F6N2O2/c1-2-3-18(20(34)31-7-6-12-4-5-16(23)11-17(12)24)32-19(33)13-8-14(21(25,26)27)10-15(9-13)22(28,29)30/h4-5,8-11,18H,2-3,6-7H2,1H3,(H,31,34)(H,32,33). The van der Waals surface area contributed by atoms with Crippen molar-refractivity contribution in [3.8, 4) is 0 Å². The molecule has 34 heavy (non-hydrogen) atoms. The van der Waals surface area contributed by atoms with Crippen molar-refractivity contribution in [3.05, 3.63) is 68.7 Å². The fourth-order valence-electron chi connectivity index (χ4n) is 3.05. The highest BCUT2D eigenvalue weighted by Gasteiger charge is 2.37. The zero-order valence-electron chi connectivity index (χ0n) is 17.7. The maximum atomic E-state index is 13.1. The quantitative estimate of drug-likeness (QED) is 0.395. The summed E-state index contributed by atoms with van der Waals surface area (Å²) in [7, 11) is 0. The van der Waals surface area contributed by atoms with Crippen LogP contribution < -0.4 is 10.6 Å². The average molecular weight is 529 g/mol. The van der Waals surface area contributed by atoms with Gasteiger partial charge < -0.3 is 10.6 Å². The minimum Gasteiger partial charge on any atom is -0.354 e. The van der Waals surface area contributed by atoms with Gasteiger partial charge in [-0.3, -0.25) is 9.59 Å². The lowest BCUT2D eigenvalue weighted by molar-refractivity contribution is -0.143. The number of benzene rings is 2. The lowest BCUT2D eigenvalue weighted by Gasteiger charge is -2.19. The van der Waals surface area contributed by atoms with Gasteiger partial charge in [0.05, 0.1) is 11.1 Å². The molecule has 12 heteroatoms. The summed E-state index contributed by atoms with van der Waals surface area (Å²) in [4.78, 5) is 25.1. The first-order valence-corrected chi connectivity index (χ1v) is 10.8. The Hall–Kier alpha value is -2.46. The third kappa shape index (κ3) is 7.80. The topological polar surface area (TPSA) is 58.2 Å². The molecule has 2 N–H and O–H groups in total. The Kier molecular flexibility index (Phi) is 9.24. The van der Waals surface area contributed by atoms with Crippen molar-refractivity contribution in [3.63, 3.8) is 0 Å². The summed E-state index contributed by atoms with van der Waals surface area (Å²) < 4.78 is 78.4. The van der Waals surface area contributed by atoms with E-state index >= 15 is 0 Å². The number of carbonyl (C=O) groups is 2. The molecular weight excluding hydrogens is 509 g/mol. The van der Waals surface area contributed by atoms with Crippen LogP contribution in [0.15, 0.2) is 36.4 Å². The molecule has 1 atom stereocenters. The first kappa shape index (κ1) is 27.8. The molecule has 0 aliphatic rings. The van der Waals surface area contributed by atoms with Crippen LogP contribution in [0.2, 0.25) is 10.0 Å². The Bertz CT molecular complexity index is 1010. The van der Waals surface area contributed by atoms with Gasteiger partial charge in [0.15, 0.2) is 0 Å². The van der Waals surface area contributed by atoms with E-state index in [-0.39, 0.29) is 19.0 Å². The summed E-state index contributed by atoms with van der Waals surface area (Å²) in [6.45, 7) is 1.82. The van der Waals surface area contributed by atoms with Crippen molar-refractivity contribution >= 4 is 35.0 Å². The van der Waals surface area contributed by atoms with Crippen LogP contribution >= 0.6 is 23.2 Å². The zero-order valence-corrected chi connectivity index (χ0v) is 19.2. The van der Waals surface area contributed by atoms with Crippen molar-refractivity contribution in [1.82, 2.24) is 10.6 Å². The molecule has 0 heterocycles. The van der Waals surface area contributed by atoms with E-state index in [0.717, 1.165) is 0 Å². The van der Waals surface area contributed by atoms with E-state index in [9.17, 15) is 35.9 Å². The predicted molar refractivity (Wildman–Crippen MR) is 116 cm³/mol. The van der Waals surface area contributed by atoms with Crippen LogP contribution in [0.25, 0.3) is 0 Å². The first-order valence-electron chi connectivity index (χ1n) is 10.0. The Morgan fingerprint density at radius 2 is 1.53 bits per heavy atom. The first-order chi connectivity index (χ1) is 15.7. The molecule has 0 aliphatic heterocycles. The Balaban J connectivity index is 2.15. The van der Waals surface area contributed by atoms with Gasteiger partial charge in [-0.15, -0.1) is 0 Å². The number of alkyl halides is 6. The summed E-state index contributed by atoms with van der Waals surface area (Å²) in [5.41, 5.74) is -3.40. The summed E-state index contributed by atoms with van der Waals surface area (Å²) >= 11 is 11.9. The molecule has 4 nitrogen and oxygen atoms in total. The number of hydrogen-bond acceptors (Lipinski definition) is 2.